The number of aliphatic carboxylic acids is 1. The van der Waals surface area contributed by atoms with Gasteiger partial charge in [-0.25, -0.2) is 0 Å². The van der Waals surface area contributed by atoms with Crippen LogP contribution in [0.25, 0.3) is 0 Å². The van der Waals surface area contributed by atoms with E-state index < -0.39 is 5.97 Å². The van der Waals surface area contributed by atoms with E-state index in [1.165, 1.54) is 0 Å². The second-order valence-corrected chi connectivity index (χ2v) is 1.97. The fourth-order valence-electron chi connectivity index (χ4n) is 0.521. The van der Waals surface area contributed by atoms with Gasteiger partial charge in [0.1, 0.15) is 0 Å². The SMILES string of the molecule is O=C(O)CC/C=C/C=C/CO. The van der Waals surface area contributed by atoms with E-state index in [1.807, 2.05) is 0 Å². The van der Waals surface area contributed by atoms with Gasteiger partial charge in [-0.15, -0.1) is 0 Å². The van der Waals surface area contributed by atoms with Gasteiger partial charge in [0.2, 0.25) is 0 Å². The molecular formula is C8H12O3. The number of hydrogen-bond acceptors (Lipinski definition) is 2. The van der Waals surface area contributed by atoms with Gasteiger partial charge < -0.3 is 10.2 Å². The number of hydrogen-bond donors (Lipinski definition) is 2. The summed E-state index contributed by atoms with van der Waals surface area (Å²) in [6.45, 7) is 0.0171. The van der Waals surface area contributed by atoms with Gasteiger partial charge in [0, 0.05) is 6.42 Å². The van der Waals surface area contributed by atoms with Crippen LogP contribution in [0.4, 0.5) is 0 Å². The van der Waals surface area contributed by atoms with E-state index >= 15 is 0 Å². The van der Waals surface area contributed by atoms with Crippen LogP contribution in [0, 0.1) is 0 Å². The molecule has 0 amide bonds. The van der Waals surface area contributed by atoms with Crippen molar-refractivity contribution in [1.29, 1.82) is 0 Å². The predicted octanol–water partition coefficient (Wildman–Crippen LogP) is 0.956. The Labute approximate surface area is 65.7 Å². The lowest BCUT2D eigenvalue weighted by molar-refractivity contribution is -0.136. The lowest BCUT2D eigenvalue weighted by atomic mass is 10.3. The van der Waals surface area contributed by atoms with E-state index in [9.17, 15) is 4.79 Å². The van der Waals surface area contributed by atoms with Crippen molar-refractivity contribution in [1.82, 2.24) is 0 Å². The van der Waals surface area contributed by atoms with Crippen LogP contribution in [0.1, 0.15) is 12.8 Å². The van der Waals surface area contributed by atoms with Crippen LogP contribution in [0.2, 0.25) is 0 Å². The summed E-state index contributed by atoms with van der Waals surface area (Å²) in [5.74, 6) is -0.791. The first-order valence-corrected chi connectivity index (χ1v) is 3.41. The maximum Gasteiger partial charge on any atom is 0.303 e. The molecule has 0 spiro atoms. The van der Waals surface area contributed by atoms with Crippen molar-refractivity contribution >= 4 is 5.97 Å². The van der Waals surface area contributed by atoms with Crippen LogP contribution < -0.4 is 0 Å². The van der Waals surface area contributed by atoms with Crippen LogP contribution >= 0.6 is 0 Å². The Bertz CT molecular complexity index is 159. The van der Waals surface area contributed by atoms with Gasteiger partial charge in [-0.1, -0.05) is 24.3 Å². The molecule has 0 saturated carbocycles. The minimum absolute atomic E-state index is 0.0171. The van der Waals surface area contributed by atoms with Crippen LogP contribution in [0.5, 0.6) is 0 Å². The smallest absolute Gasteiger partial charge is 0.303 e. The lowest BCUT2D eigenvalue weighted by Crippen LogP contribution is -1.91. The molecule has 0 aromatic rings. The summed E-state index contributed by atoms with van der Waals surface area (Å²) < 4.78 is 0. The Kier molecular flexibility index (Phi) is 6.33. The number of aliphatic hydroxyl groups excluding tert-OH is 1. The van der Waals surface area contributed by atoms with Crippen LogP contribution in [0.3, 0.4) is 0 Å². The zero-order valence-electron chi connectivity index (χ0n) is 6.23. The Balaban J connectivity index is 3.30. The second-order valence-electron chi connectivity index (χ2n) is 1.97. The van der Waals surface area contributed by atoms with Gasteiger partial charge in [0.25, 0.3) is 0 Å². The maximum absolute atomic E-state index is 10.00. The molecule has 0 aliphatic heterocycles. The Morgan fingerprint density at radius 1 is 1.27 bits per heavy atom. The molecule has 3 nitrogen and oxygen atoms in total. The van der Waals surface area contributed by atoms with Crippen molar-refractivity contribution in [2.24, 2.45) is 0 Å². The second kappa shape index (κ2) is 7.02. The average molecular weight is 156 g/mol. The summed E-state index contributed by atoms with van der Waals surface area (Å²) in [6.07, 6.45) is 7.42. The number of carbonyl (C=O) groups is 1. The van der Waals surface area contributed by atoms with Crippen molar-refractivity contribution < 1.29 is 15.0 Å². The van der Waals surface area contributed by atoms with Gasteiger partial charge in [-0.3, -0.25) is 4.79 Å². The highest BCUT2D eigenvalue weighted by molar-refractivity contribution is 5.66. The number of carboxylic acids is 1. The summed E-state index contributed by atoms with van der Waals surface area (Å²) in [6, 6.07) is 0. The average Bonchev–Trinajstić information content (AvgIpc) is 1.96. The lowest BCUT2D eigenvalue weighted by Gasteiger charge is -1.84. The Morgan fingerprint density at radius 2 is 1.91 bits per heavy atom. The molecule has 0 radical (unpaired) electrons. The molecule has 0 aliphatic rings. The Hall–Kier alpha value is -1.09. The zero-order chi connectivity index (χ0) is 8.53. The molecule has 62 valence electrons. The van der Waals surface area contributed by atoms with Crippen LogP contribution in [-0.4, -0.2) is 22.8 Å². The summed E-state index contributed by atoms with van der Waals surface area (Å²) >= 11 is 0. The molecule has 0 aromatic heterocycles. The highest BCUT2D eigenvalue weighted by Gasteiger charge is 1.90. The molecule has 0 aliphatic carbocycles. The normalized spacial score (nSPS) is 11.4. The highest BCUT2D eigenvalue weighted by atomic mass is 16.4. The fraction of sp³-hybridized carbons (Fsp3) is 0.375. The molecule has 0 unspecified atom stereocenters. The summed E-state index contributed by atoms with van der Waals surface area (Å²) in [5.41, 5.74) is 0. The number of carboxylic acid groups (broad SMARTS) is 1. The molecule has 0 atom stereocenters. The van der Waals surface area contributed by atoms with Gasteiger partial charge in [-0.2, -0.15) is 0 Å². The minimum atomic E-state index is -0.791. The molecule has 0 saturated heterocycles. The molecule has 3 heteroatoms. The zero-order valence-corrected chi connectivity index (χ0v) is 6.23. The van der Waals surface area contributed by atoms with Gasteiger partial charge in [0.15, 0.2) is 0 Å². The molecular weight excluding hydrogens is 144 g/mol. The molecule has 0 rings (SSSR count). The summed E-state index contributed by atoms with van der Waals surface area (Å²) in [5, 5.41) is 16.5. The fourth-order valence-corrected chi connectivity index (χ4v) is 0.521. The van der Waals surface area contributed by atoms with E-state index in [0.29, 0.717) is 6.42 Å². The summed E-state index contributed by atoms with van der Waals surface area (Å²) in [4.78, 5) is 10.00. The van der Waals surface area contributed by atoms with Gasteiger partial charge in [-0.05, 0) is 6.42 Å². The number of rotatable bonds is 5. The monoisotopic (exact) mass is 156 g/mol. The first-order chi connectivity index (χ1) is 5.27. The van der Waals surface area contributed by atoms with Crippen molar-refractivity contribution in [2.45, 2.75) is 12.8 Å². The maximum atomic E-state index is 10.00. The Morgan fingerprint density at radius 3 is 2.45 bits per heavy atom. The third-order valence-electron chi connectivity index (χ3n) is 1.01. The number of aliphatic hydroxyl groups is 1. The topological polar surface area (TPSA) is 57.5 Å². The third-order valence-corrected chi connectivity index (χ3v) is 1.01. The highest BCUT2D eigenvalue weighted by Crippen LogP contribution is 1.90. The first kappa shape index (κ1) is 9.91. The van der Waals surface area contributed by atoms with E-state index in [4.69, 9.17) is 10.2 Å². The predicted molar refractivity (Wildman–Crippen MR) is 42.2 cm³/mol. The van der Waals surface area contributed by atoms with E-state index in [-0.39, 0.29) is 13.0 Å². The minimum Gasteiger partial charge on any atom is -0.481 e. The molecule has 0 fully saturated rings. The van der Waals surface area contributed by atoms with Crippen molar-refractivity contribution in [3.8, 4) is 0 Å². The van der Waals surface area contributed by atoms with E-state index in [2.05, 4.69) is 0 Å². The van der Waals surface area contributed by atoms with Crippen LogP contribution in [-0.2, 0) is 4.79 Å². The van der Waals surface area contributed by atoms with Crippen molar-refractivity contribution in [2.75, 3.05) is 6.61 Å². The van der Waals surface area contributed by atoms with Gasteiger partial charge >= 0.3 is 5.97 Å². The van der Waals surface area contributed by atoms with E-state index in [0.717, 1.165) is 0 Å². The molecule has 0 heterocycles. The first-order valence-electron chi connectivity index (χ1n) is 3.41. The van der Waals surface area contributed by atoms with Crippen molar-refractivity contribution in [3.05, 3.63) is 24.3 Å². The molecule has 0 bridgehead atoms. The molecule has 2 N–H and O–H groups in total. The quantitative estimate of drug-likeness (QED) is 0.583. The molecule has 11 heavy (non-hydrogen) atoms. The largest absolute Gasteiger partial charge is 0.481 e. The summed E-state index contributed by atoms with van der Waals surface area (Å²) in [7, 11) is 0. The van der Waals surface area contributed by atoms with E-state index in [1.54, 1.807) is 24.3 Å². The molecule has 0 aromatic carbocycles. The standard InChI is InChI=1S/C8H12O3/c9-7-5-3-1-2-4-6-8(10)11/h1-3,5,9H,4,6-7H2,(H,10,11)/b2-1+,5-3+. The number of allylic oxidation sites excluding steroid dienone is 3. The van der Waals surface area contributed by atoms with Gasteiger partial charge in [0.05, 0.1) is 6.61 Å². The third kappa shape index (κ3) is 8.91. The van der Waals surface area contributed by atoms with Crippen LogP contribution in [0.15, 0.2) is 24.3 Å². The van der Waals surface area contributed by atoms with Crippen molar-refractivity contribution in [3.63, 3.8) is 0 Å².